The number of rotatable bonds is 13. The molecule has 2 aliphatic rings. The lowest BCUT2D eigenvalue weighted by molar-refractivity contribution is 0.0764. The third-order valence-electron chi connectivity index (χ3n) is 11.9. The molecule has 33 heavy (non-hydrogen) atoms. The predicted molar refractivity (Wildman–Crippen MR) is 149 cm³/mol. The summed E-state index contributed by atoms with van der Waals surface area (Å²) < 4.78 is 0. The summed E-state index contributed by atoms with van der Waals surface area (Å²) in [5.41, 5.74) is 0. The Morgan fingerprint density at radius 1 is 0.606 bits per heavy atom. The van der Waals surface area contributed by atoms with Gasteiger partial charge in [0.15, 0.2) is 0 Å². The van der Waals surface area contributed by atoms with Gasteiger partial charge in [0.1, 0.15) is 0 Å². The van der Waals surface area contributed by atoms with Crippen LogP contribution in [0.3, 0.4) is 0 Å². The van der Waals surface area contributed by atoms with E-state index in [4.69, 9.17) is 0 Å². The summed E-state index contributed by atoms with van der Waals surface area (Å²) in [6.07, 6.45) is 16.0. The maximum absolute atomic E-state index is 2.63. The van der Waals surface area contributed by atoms with E-state index in [1.807, 2.05) is 0 Å². The van der Waals surface area contributed by atoms with Crippen molar-refractivity contribution in [2.45, 2.75) is 140 Å². The summed E-state index contributed by atoms with van der Waals surface area (Å²) in [6, 6.07) is 0. The van der Waals surface area contributed by atoms with Crippen LogP contribution in [-0.2, 0) is 0 Å². The van der Waals surface area contributed by atoms with Crippen LogP contribution in [0.4, 0.5) is 0 Å². The van der Waals surface area contributed by atoms with Crippen molar-refractivity contribution < 1.29 is 0 Å². The first-order valence-corrected chi connectivity index (χ1v) is 15.7. The summed E-state index contributed by atoms with van der Waals surface area (Å²) in [6.45, 7) is 25.2. The fourth-order valence-corrected chi connectivity index (χ4v) is 9.03. The Hall–Kier alpha value is 0. The number of hydrogen-bond acceptors (Lipinski definition) is 0. The molecule has 0 amide bonds. The van der Waals surface area contributed by atoms with Crippen LogP contribution in [0, 0.1) is 71.0 Å². The van der Waals surface area contributed by atoms with Gasteiger partial charge < -0.3 is 0 Å². The largest absolute Gasteiger partial charge is 0.0651 e. The van der Waals surface area contributed by atoms with Crippen molar-refractivity contribution in [3.8, 4) is 0 Å². The van der Waals surface area contributed by atoms with Crippen molar-refractivity contribution >= 4 is 0 Å². The second-order valence-corrected chi connectivity index (χ2v) is 13.4. The van der Waals surface area contributed by atoms with Crippen LogP contribution in [0.1, 0.15) is 140 Å². The molecule has 0 heterocycles. The smallest absolute Gasteiger partial charge is 0.0355 e. The lowest BCUT2D eigenvalue weighted by atomic mass is 9.63. The molecule has 196 valence electrons. The van der Waals surface area contributed by atoms with E-state index in [2.05, 4.69) is 69.2 Å². The third-order valence-corrected chi connectivity index (χ3v) is 11.9. The fourth-order valence-electron chi connectivity index (χ4n) is 9.03. The van der Waals surface area contributed by atoms with Gasteiger partial charge in [-0.2, -0.15) is 0 Å². The van der Waals surface area contributed by atoms with E-state index in [1.165, 1.54) is 70.6 Å². The molecule has 0 saturated heterocycles. The topological polar surface area (TPSA) is 0 Å². The van der Waals surface area contributed by atoms with Gasteiger partial charge in [0, 0.05) is 0 Å². The van der Waals surface area contributed by atoms with Crippen LogP contribution >= 0.6 is 0 Å². The van der Waals surface area contributed by atoms with Gasteiger partial charge in [0.05, 0.1) is 0 Å². The molecule has 0 heteroatoms. The standard InChI is InChI=1S/C33H64/c1-11-27(12-2)31(14-4)30-18-16-29(17-19-30)26(10)24(8)25(9)28(13-3)21-33-23(7)15-20-32(33)22(5)6/h22-33H,11-21H2,1-10H3. The zero-order chi connectivity index (χ0) is 24.7. The Kier molecular flexibility index (Phi) is 12.3. The molecule has 8 atom stereocenters. The van der Waals surface area contributed by atoms with Gasteiger partial charge in [-0.15, -0.1) is 0 Å². The summed E-state index contributed by atoms with van der Waals surface area (Å²) in [7, 11) is 0. The maximum atomic E-state index is 2.63. The third kappa shape index (κ3) is 7.26. The van der Waals surface area contributed by atoms with E-state index in [-0.39, 0.29) is 0 Å². The van der Waals surface area contributed by atoms with Gasteiger partial charge in [-0.05, 0) is 110 Å². The SMILES string of the molecule is CCC(CC1C(C)CCC1C(C)C)C(C)C(C)C(C)C1CCC(C(CC)C(CC)CC)CC1. The fraction of sp³-hybridized carbons (Fsp3) is 1.00. The van der Waals surface area contributed by atoms with E-state index in [1.54, 1.807) is 0 Å². The van der Waals surface area contributed by atoms with E-state index in [0.717, 1.165) is 71.0 Å². The summed E-state index contributed by atoms with van der Waals surface area (Å²) >= 11 is 0. The van der Waals surface area contributed by atoms with Crippen molar-refractivity contribution in [2.75, 3.05) is 0 Å². The second kappa shape index (κ2) is 13.9. The molecular formula is C33H64. The molecule has 0 aliphatic heterocycles. The lowest BCUT2D eigenvalue weighted by Gasteiger charge is -2.42. The molecule has 2 saturated carbocycles. The summed E-state index contributed by atoms with van der Waals surface area (Å²) in [5, 5.41) is 0. The molecule has 8 unspecified atom stereocenters. The molecule has 0 N–H and O–H groups in total. The van der Waals surface area contributed by atoms with Gasteiger partial charge >= 0.3 is 0 Å². The Balaban J connectivity index is 1.94. The van der Waals surface area contributed by atoms with Gasteiger partial charge in [-0.1, -0.05) is 101 Å². The first kappa shape index (κ1) is 29.2. The Labute approximate surface area is 210 Å². The van der Waals surface area contributed by atoms with Gasteiger partial charge in [-0.3, -0.25) is 0 Å². The first-order valence-electron chi connectivity index (χ1n) is 15.7. The van der Waals surface area contributed by atoms with E-state index < -0.39 is 0 Å². The minimum atomic E-state index is 0.867. The molecule has 0 bridgehead atoms. The zero-order valence-corrected chi connectivity index (χ0v) is 24.7. The van der Waals surface area contributed by atoms with Crippen molar-refractivity contribution in [1.29, 1.82) is 0 Å². The van der Waals surface area contributed by atoms with Crippen LogP contribution in [0.15, 0.2) is 0 Å². The predicted octanol–water partition coefficient (Wildman–Crippen LogP) is 10.9. The summed E-state index contributed by atoms with van der Waals surface area (Å²) in [5.74, 6) is 11.3. The highest BCUT2D eigenvalue weighted by atomic mass is 14.4. The highest BCUT2D eigenvalue weighted by molar-refractivity contribution is 4.89. The lowest BCUT2D eigenvalue weighted by Crippen LogP contribution is -2.33. The Bertz CT molecular complexity index is 508. The zero-order valence-electron chi connectivity index (χ0n) is 24.7. The van der Waals surface area contributed by atoms with Gasteiger partial charge in [0.2, 0.25) is 0 Å². The minimum absolute atomic E-state index is 0.867. The van der Waals surface area contributed by atoms with Crippen LogP contribution in [0.2, 0.25) is 0 Å². The monoisotopic (exact) mass is 461 g/mol. The molecule has 0 aromatic heterocycles. The van der Waals surface area contributed by atoms with Crippen molar-refractivity contribution in [3.05, 3.63) is 0 Å². The quantitative estimate of drug-likeness (QED) is 0.256. The molecule has 0 nitrogen and oxygen atoms in total. The second-order valence-electron chi connectivity index (χ2n) is 13.4. The van der Waals surface area contributed by atoms with Crippen LogP contribution < -0.4 is 0 Å². The van der Waals surface area contributed by atoms with Crippen molar-refractivity contribution in [2.24, 2.45) is 71.0 Å². The molecule has 0 radical (unpaired) electrons. The minimum Gasteiger partial charge on any atom is -0.0651 e. The summed E-state index contributed by atoms with van der Waals surface area (Å²) in [4.78, 5) is 0. The maximum Gasteiger partial charge on any atom is -0.0355 e. The average Bonchev–Trinajstić information content (AvgIpc) is 3.19. The molecular weight excluding hydrogens is 396 g/mol. The van der Waals surface area contributed by atoms with E-state index in [9.17, 15) is 0 Å². The average molecular weight is 461 g/mol. The van der Waals surface area contributed by atoms with Crippen molar-refractivity contribution in [1.82, 2.24) is 0 Å². The van der Waals surface area contributed by atoms with Crippen LogP contribution in [0.25, 0.3) is 0 Å². The molecule has 2 rings (SSSR count). The van der Waals surface area contributed by atoms with Crippen molar-refractivity contribution in [3.63, 3.8) is 0 Å². The van der Waals surface area contributed by atoms with Crippen LogP contribution in [-0.4, -0.2) is 0 Å². The molecule has 2 fully saturated rings. The highest BCUT2D eigenvalue weighted by Gasteiger charge is 2.39. The van der Waals surface area contributed by atoms with Crippen LogP contribution in [0.5, 0.6) is 0 Å². The Morgan fingerprint density at radius 2 is 1.15 bits per heavy atom. The normalized spacial score (nSPS) is 33.3. The Morgan fingerprint density at radius 3 is 1.64 bits per heavy atom. The van der Waals surface area contributed by atoms with Gasteiger partial charge in [0.25, 0.3) is 0 Å². The van der Waals surface area contributed by atoms with E-state index >= 15 is 0 Å². The molecule has 2 aliphatic carbocycles. The van der Waals surface area contributed by atoms with E-state index in [0.29, 0.717) is 0 Å². The highest BCUT2D eigenvalue weighted by Crippen LogP contribution is 2.48. The molecule has 0 spiro atoms. The first-order chi connectivity index (χ1) is 15.7. The van der Waals surface area contributed by atoms with Gasteiger partial charge in [-0.25, -0.2) is 0 Å². The molecule has 0 aromatic rings. The molecule has 0 aromatic carbocycles. The number of hydrogen-bond donors (Lipinski definition) is 0.